The van der Waals surface area contributed by atoms with Crippen LogP contribution in [0.5, 0.6) is 0 Å². The zero-order chi connectivity index (χ0) is 14.5. The molecule has 0 fully saturated rings. The molecule has 0 heterocycles. The van der Waals surface area contributed by atoms with Crippen molar-refractivity contribution in [1.82, 2.24) is 4.90 Å². The maximum atomic E-state index is 6.04. The van der Waals surface area contributed by atoms with Crippen molar-refractivity contribution in [2.24, 2.45) is 11.7 Å². The summed E-state index contributed by atoms with van der Waals surface area (Å²) in [6.45, 7) is 10.7. The highest BCUT2D eigenvalue weighted by Crippen LogP contribution is 2.24. The number of hydrogen-bond donors (Lipinski definition) is 1. The molecule has 2 heteroatoms. The van der Waals surface area contributed by atoms with E-state index in [1.54, 1.807) is 0 Å². The maximum Gasteiger partial charge on any atom is 0.0304 e. The minimum Gasteiger partial charge on any atom is -0.329 e. The summed E-state index contributed by atoms with van der Waals surface area (Å²) in [6.07, 6.45) is 2.38. The molecular formula is C17H30N2. The van der Waals surface area contributed by atoms with Crippen LogP contribution in [0.15, 0.2) is 24.3 Å². The van der Waals surface area contributed by atoms with Gasteiger partial charge in [0.05, 0.1) is 0 Å². The molecule has 19 heavy (non-hydrogen) atoms. The van der Waals surface area contributed by atoms with Gasteiger partial charge < -0.3 is 5.73 Å². The second-order valence-corrected chi connectivity index (χ2v) is 6.42. The van der Waals surface area contributed by atoms with Gasteiger partial charge in [-0.1, -0.05) is 38.1 Å². The molecule has 0 aliphatic carbocycles. The summed E-state index contributed by atoms with van der Waals surface area (Å²) in [5, 5.41) is 0. The van der Waals surface area contributed by atoms with Gasteiger partial charge in [-0.2, -0.15) is 0 Å². The molecule has 0 spiro atoms. The molecule has 1 unspecified atom stereocenters. The van der Waals surface area contributed by atoms with Gasteiger partial charge in [-0.3, -0.25) is 4.90 Å². The van der Waals surface area contributed by atoms with E-state index < -0.39 is 0 Å². The Labute approximate surface area is 119 Å². The number of nitrogens with zero attached hydrogens (tertiary/aromatic N) is 1. The minimum atomic E-state index is 0.0898. The van der Waals surface area contributed by atoms with E-state index in [0.29, 0.717) is 6.54 Å². The molecule has 0 aliphatic rings. The lowest BCUT2D eigenvalue weighted by Gasteiger charge is -2.39. The third-order valence-electron chi connectivity index (χ3n) is 4.29. The molecule has 2 nitrogen and oxygen atoms in total. The molecule has 108 valence electrons. The average Bonchev–Trinajstić information content (AvgIpc) is 2.38. The third kappa shape index (κ3) is 4.63. The van der Waals surface area contributed by atoms with Gasteiger partial charge in [0, 0.05) is 18.6 Å². The number of rotatable bonds is 7. The standard InChI is InChI=1S/C17H30N2/c1-14(2)10-11-17(4,13-18)19(5)12-16-9-7-6-8-15(16)3/h6-9,14H,10-13,18H2,1-5H3. The minimum absolute atomic E-state index is 0.0898. The van der Waals surface area contributed by atoms with Crippen molar-refractivity contribution in [3.63, 3.8) is 0 Å². The molecule has 0 aromatic heterocycles. The van der Waals surface area contributed by atoms with Crippen molar-refractivity contribution in [2.75, 3.05) is 13.6 Å². The lowest BCUT2D eigenvalue weighted by Crippen LogP contribution is -2.49. The van der Waals surface area contributed by atoms with Crippen LogP contribution in [0, 0.1) is 12.8 Å². The molecule has 0 saturated heterocycles. The second-order valence-electron chi connectivity index (χ2n) is 6.42. The first-order valence-electron chi connectivity index (χ1n) is 7.35. The van der Waals surface area contributed by atoms with Crippen molar-refractivity contribution >= 4 is 0 Å². The van der Waals surface area contributed by atoms with Gasteiger partial charge in [0.25, 0.3) is 0 Å². The summed E-state index contributed by atoms with van der Waals surface area (Å²) in [7, 11) is 2.19. The Morgan fingerprint density at radius 1 is 1.26 bits per heavy atom. The Morgan fingerprint density at radius 2 is 1.89 bits per heavy atom. The molecular weight excluding hydrogens is 232 g/mol. The fourth-order valence-corrected chi connectivity index (χ4v) is 2.28. The van der Waals surface area contributed by atoms with Crippen LogP contribution in [0.2, 0.25) is 0 Å². The van der Waals surface area contributed by atoms with Crippen molar-refractivity contribution in [3.8, 4) is 0 Å². The van der Waals surface area contributed by atoms with Crippen LogP contribution < -0.4 is 5.73 Å². The first-order chi connectivity index (χ1) is 8.89. The Bertz CT molecular complexity index is 387. The van der Waals surface area contributed by atoms with Crippen LogP contribution >= 0.6 is 0 Å². The number of aryl methyl sites for hydroxylation is 1. The van der Waals surface area contributed by atoms with Gasteiger partial charge >= 0.3 is 0 Å². The van der Waals surface area contributed by atoms with Crippen LogP contribution in [-0.4, -0.2) is 24.0 Å². The third-order valence-corrected chi connectivity index (χ3v) is 4.29. The molecule has 0 radical (unpaired) electrons. The summed E-state index contributed by atoms with van der Waals surface area (Å²) in [5.41, 5.74) is 8.89. The largest absolute Gasteiger partial charge is 0.329 e. The first-order valence-corrected chi connectivity index (χ1v) is 7.35. The van der Waals surface area contributed by atoms with E-state index in [0.717, 1.165) is 18.9 Å². The average molecular weight is 262 g/mol. The Kier molecular flexibility index (Phi) is 6.02. The molecule has 1 rings (SSSR count). The highest BCUT2D eigenvalue weighted by molar-refractivity contribution is 5.25. The van der Waals surface area contributed by atoms with Crippen molar-refractivity contribution in [3.05, 3.63) is 35.4 Å². The summed E-state index contributed by atoms with van der Waals surface area (Å²) in [4.78, 5) is 2.41. The van der Waals surface area contributed by atoms with Crippen LogP contribution in [0.25, 0.3) is 0 Å². The van der Waals surface area contributed by atoms with Gasteiger partial charge in [-0.05, 0) is 50.8 Å². The highest BCUT2D eigenvalue weighted by Gasteiger charge is 2.27. The quantitative estimate of drug-likeness (QED) is 0.814. The Balaban J connectivity index is 2.73. The summed E-state index contributed by atoms with van der Waals surface area (Å²) >= 11 is 0. The van der Waals surface area contributed by atoms with Crippen molar-refractivity contribution in [1.29, 1.82) is 0 Å². The van der Waals surface area contributed by atoms with Crippen LogP contribution in [-0.2, 0) is 6.54 Å². The summed E-state index contributed by atoms with van der Waals surface area (Å²) in [5.74, 6) is 0.734. The second kappa shape index (κ2) is 7.06. The predicted molar refractivity (Wildman–Crippen MR) is 84.2 cm³/mol. The van der Waals surface area contributed by atoms with Gasteiger partial charge in [0.15, 0.2) is 0 Å². The van der Waals surface area contributed by atoms with E-state index in [4.69, 9.17) is 5.73 Å². The molecule has 1 aromatic carbocycles. The zero-order valence-electron chi connectivity index (χ0n) is 13.2. The summed E-state index contributed by atoms with van der Waals surface area (Å²) < 4.78 is 0. The molecule has 0 aliphatic heterocycles. The molecule has 2 N–H and O–H groups in total. The van der Waals surface area contributed by atoms with Crippen LogP contribution in [0.3, 0.4) is 0 Å². The molecule has 0 amide bonds. The van der Waals surface area contributed by atoms with E-state index in [2.05, 4.69) is 63.9 Å². The van der Waals surface area contributed by atoms with E-state index in [1.165, 1.54) is 17.5 Å². The van der Waals surface area contributed by atoms with E-state index in [1.807, 2.05) is 0 Å². The number of likely N-dealkylation sites (N-methyl/N-ethyl adjacent to an activating group) is 1. The molecule has 0 saturated carbocycles. The zero-order valence-corrected chi connectivity index (χ0v) is 13.2. The first kappa shape index (κ1) is 16.2. The molecule has 1 aromatic rings. The lowest BCUT2D eigenvalue weighted by atomic mass is 9.90. The van der Waals surface area contributed by atoms with E-state index >= 15 is 0 Å². The van der Waals surface area contributed by atoms with E-state index in [-0.39, 0.29) is 5.54 Å². The molecule has 1 atom stereocenters. The van der Waals surface area contributed by atoms with Crippen molar-refractivity contribution < 1.29 is 0 Å². The highest BCUT2D eigenvalue weighted by atomic mass is 15.2. The van der Waals surface area contributed by atoms with Gasteiger partial charge in [0.1, 0.15) is 0 Å². The maximum absolute atomic E-state index is 6.04. The van der Waals surface area contributed by atoms with Gasteiger partial charge in [0.2, 0.25) is 0 Å². The monoisotopic (exact) mass is 262 g/mol. The Morgan fingerprint density at radius 3 is 2.42 bits per heavy atom. The predicted octanol–water partition coefficient (Wildman–Crippen LogP) is 3.58. The number of nitrogens with two attached hydrogens (primary N) is 1. The Hall–Kier alpha value is -0.860. The van der Waals surface area contributed by atoms with Crippen LogP contribution in [0.1, 0.15) is 44.7 Å². The van der Waals surface area contributed by atoms with Gasteiger partial charge in [-0.15, -0.1) is 0 Å². The number of hydrogen-bond acceptors (Lipinski definition) is 2. The number of benzene rings is 1. The fraction of sp³-hybridized carbons (Fsp3) is 0.647. The topological polar surface area (TPSA) is 29.3 Å². The fourth-order valence-electron chi connectivity index (χ4n) is 2.28. The summed E-state index contributed by atoms with van der Waals surface area (Å²) in [6, 6.07) is 8.60. The lowest BCUT2D eigenvalue weighted by molar-refractivity contribution is 0.119. The normalized spacial score (nSPS) is 14.9. The van der Waals surface area contributed by atoms with Crippen molar-refractivity contribution in [2.45, 2.75) is 52.6 Å². The van der Waals surface area contributed by atoms with Gasteiger partial charge in [-0.25, -0.2) is 0 Å². The molecule has 0 bridgehead atoms. The SMILES string of the molecule is Cc1ccccc1CN(C)C(C)(CN)CCC(C)C. The smallest absolute Gasteiger partial charge is 0.0304 e. The van der Waals surface area contributed by atoms with Crippen LogP contribution in [0.4, 0.5) is 0 Å². The van der Waals surface area contributed by atoms with E-state index in [9.17, 15) is 0 Å².